The van der Waals surface area contributed by atoms with Gasteiger partial charge >= 0.3 is 0 Å². The number of nitrogens with zero attached hydrogens (tertiary/aromatic N) is 1. The van der Waals surface area contributed by atoms with Crippen LogP contribution in [0, 0.1) is 11.3 Å². The molecule has 0 aliphatic heterocycles. The smallest absolute Gasteiger partial charge is 0.0998 e. The van der Waals surface area contributed by atoms with Gasteiger partial charge < -0.3 is 5.32 Å². The van der Waals surface area contributed by atoms with Gasteiger partial charge in [-0.3, -0.25) is 0 Å². The van der Waals surface area contributed by atoms with Gasteiger partial charge in [0.2, 0.25) is 0 Å². The Morgan fingerprint density at radius 1 is 0.789 bits per heavy atom. The van der Waals surface area contributed by atoms with Gasteiger partial charge in [0.05, 0.1) is 11.6 Å². The SMILES string of the molecule is N#Cc1cccc2cccc(Nc3ccccc3)c12. The van der Waals surface area contributed by atoms with Crippen LogP contribution in [0.2, 0.25) is 0 Å². The molecule has 0 amide bonds. The minimum Gasteiger partial charge on any atom is -0.355 e. The van der Waals surface area contributed by atoms with E-state index in [0.717, 1.165) is 22.1 Å². The van der Waals surface area contributed by atoms with Crippen LogP contribution in [0.3, 0.4) is 0 Å². The lowest BCUT2D eigenvalue weighted by Gasteiger charge is -2.10. The van der Waals surface area contributed by atoms with Crippen LogP contribution < -0.4 is 5.32 Å². The summed E-state index contributed by atoms with van der Waals surface area (Å²) < 4.78 is 0. The van der Waals surface area contributed by atoms with Gasteiger partial charge in [-0.2, -0.15) is 5.26 Å². The zero-order chi connectivity index (χ0) is 13.1. The minimum absolute atomic E-state index is 0.691. The van der Waals surface area contributed by atoms with Crippen LogP contribution in [0.15, 0.2) is 66.7 Å². The first-order valence-corrected chi connectivity index (χ1v) is 6.12. The average molecular weight is 244 g/mol. The summed E-state index contributed by atoms with van der Waals surface area (Å²) in [6.45, 7) is 0. The Labute approximate surface area is 111 Å². The van der Waals surface area contributed by atoms with Crippen LogP contribution in [0.1, 0.15) is 5.56 Å². The molecule has 0 bridgehead atoms. The van der Waals surface area contributed by atoms with E-state index in [0.29, 0.717) is 5.56 Å². The second-order valence-electron chi connectivity index (χ2n) is 4.31. The van der Waals surface area contributed by atoms with E-state index in [-0.39, 0.29) is 0 Å². The molecule has 1 N–H and O–H groups in total. The van der Waals surface area contributed by atoms with Crippen LogP contribution in [0.4, 0.5) is 11.4 Å². The summed E-state index contributed by atoms with van der Waals surface area (Å²) in [6, 6.07) is 24.0. The molecule has 0 fully saturated rings. The quantitative estimate of drug-likeness (QED) is 0.722. The molecule has 0 atom stereocenters. The minimum atomic E-state index is 0.691. The topological polar surface area (TPSA) is 35.8 Å². The fourth-order valence-corrected chi connectivity index (χ4v) is 2.22. The van der Waals surface area contributed by atoms with Crippen molar-refractivity contribution in [3.63, 3.8) is 0 Å². The van der Waals surface area contributed by atoms with Crippen molar-refractivity contribution in [3.05, 3.63) is 72.3 Å². The van der Waals surface area contributed by atoms with E-state index < -0.39 is 0 Å². The molecule has 0 unspecified atom stereocenters. The Balaban J connectivity index is 2.17. The van der Waals surface area contributed by atoms with Gasteiger partial charge in [-0.1, -0.05) is 42.5 Å². The van der Waals surface area contributed by atoms with Crippen molar-refractivity contribution < 1.29 is 0 Å². The first-order chi connectivity index (χ1) is 9.38. The zero-order valence-electron chi connectivity index (χ0n) is 10.3. The molecule has 2 heteroatoms. The number of nitriles is 1. The van der Waals surface area contributed by atoms with Gasteiger partial charge in [0.15, 0.2) is 0 Å². The van der Waals surface area contributed by atoms with Gasteiger partial charge in [-0.25, -0.2) is 0 Å². The Hall–Kier alpha value is -2.79. The monoisotopic (exact) mass is 244 g/mol. The van der Waals surface area contributed by atoms with E-state index in [1.807, 2.05) is 66.7 Å². The molecule has 3 aromatic rings. The third-order valence-corrected chi connectivity index (χ3v) is 3.08. The van der Waals surface area contributed by atoms with Gasteiger partial charge in [0, 0.05) is 16.8 Å². The summed E-state index contributed by atoms with van der Waals surface area (Å²) >= 11 is 0. The van der Waals surface area contributed by atoms with Crippen LogP contribution in [-0.4, -0.2) is 0 Å². The van der Waals surface area contributed by atoms with Crippen LogP contribution in [0.25, 0.3) is 10.8 Å². The lowest BCUT2D eigenvalue weighted by molar-refractivity contribution is 1.50. The highest BCUT2D eigenvalue weighted by molar-refractivity contribution is 5.99. The molecule has 0 spiro atoms. The fourth-order valence-electron chi connectivity index (χ4n) is 2.22. The highest BCUT2D eigenvalue weighted by atomic mass is 14.9. The van der Waals surface area contributed by atoms with Crippen molar-refractivity contribution in [1.82, 2.24) is 0 Å². The van der Waals surface area contributed by atoms with E-state index in [4.69, 9.17) is 0 Å². The Bertz CT molecular complexity index is 750. The molecule has 0 aliphatic rings. The third-order valence-electron chi connectivity index (χ3n) is 3.08. The number of benzene rings is 3. The maximum absolute atomic E-state index is 9.25. The molecule has 90 valence electrons. The second-order valence-corrected chi connectivity index (χ2v) is 4.31. The van der Waals surface area contributed by atoms with E-state index in [2.05, 4.69) is 11.4 Å². The number of hydrogen-bond acceptors (Lipinski definition) is 2. The molecule has 0 heterocycles. The Morgan fingerprint density at radius 2 is 1.53 bits per heavy atom. The highest BCUT2D eigenvalue weighted by Gasteiger charge is 2.05. The van der Waals surface area contributed by atoms with E-state index in [1.54, 1.807) is 0 Å². The maximum atomic E-state index is 9.25. The second kappa shape index (κ2) is 4.83. The van der Waals surface area contributed by atoms with Gasteiger partial charge in [0.25, 0.3) is 0 Å². The van der Waals surface area contributed by atoms with Crippen molar-refractivity contribution in [2.24, 2.45) is 0 Å². The summed E-state index contributed by atoms with van der Waals surface area (Å²) in [5, 5.41) is 14.7. The first kappa shape index (κ1) is 11.3. The number of hydrogen-bond donors (Lipinski definition) is 1. The fraction of sp³-hybridized carbons (Fsp3) is 0. The largest absolute Gasteiger partial charge is 0.355 e. The van der Waals surface area contributed by atoms with Crippen molar-refractivity contribution in [2.75, 3.05) is 5.32 Å². The van der Waals surface area contributed by atoms with Crippen LogP contribution in [0.5, 0.6) is 0 Å². The summed E-state index contributed by atoms with van der Waals surface area (Å²) in [4.78, 5) is 0. The van der Waals surface area contributed by atoms with Crippen LogP contribution >= 0.6 is 0 Å². The average Bonchev–Trinajstić information content (AvgIpc) is 2.48. The van der Waals surface area contributed by atoms with Crippen LogP contribution in [-0.2, 0) is 0 Å². The zero-order valence-corrected chi connectivity index (χ0v) is 10.3. The molecule has 0 aromatic heterocycles. The predicted molar refractivity (Wildman–Crippen MR) is 78.4 cm³/mol. The first-order valence-electron chi connectivity index (χ1n) is 6.12. The summed E-state index contributed by atoms with van der Waals surface area (Å²) in [5.74, 6) is 0. The van der Waals surface area contributed by atoms with E-state index in [9.17, 15) is 5.26 Å². The Kier molecular flexibility index (Phi) is 2.88. The van der Waals surface area contributed by atoms with Gasteiger partial charge in [-0.15, -0.1) is 0 Å². The maximum Gasteiger partial charge on any atom is 0.0998 e. The lowest BCUT2D eigenvalue weighted by atomic mass is 10.0. The summed E-state index contributed by atoms with van der Waals surface area (Å²) in [7, 11) is 0. The number of nitrogens with one attached hydrogen (secondary N) is 1. The third kappa shape index (κ3) is 2.14. The van der Waals surface area contributed by atoms with Crippen molar-refractivity contribution in [1.29, 1.82) is 5.26 Å². The molecular weight excluding hydrogens is 232 g/mol. The number of anilines is 2. The number of fused-ring (bicyclic) bond motifs is 1. The van der Waals surface area contributed by atoms with Crippen molar-refractivity contribution in [2.45, 2.75) is 0 Å². The molecule has 3 aromatic carbocycles. The normalized spacial score (nSPS) is 10.1. The summed E-state index contributed by atoms with van der Waals surface area (Å²) in [5.41, 5.74) is 2.67. The molecule has 0 saturated heterocycles. The molecular formula is C17H12N2. The van der Waals surface area contributed by atoms with Gasteiger partial charge in [-0.05, 0) is 29.7 Å². The number of rotatable bonds is 2. The molecule has 2 nitrogen and oxygen atoms in total. The van der Waals surface area contributed by atoms with E-state index >= 15 is 0 Å². The number of para-hydroxylation sites is 1. The lowest BCUT2D eigenvalue weighted by Crippen LogP contribution is -1.92. The predicted octanol–water partition coefficient (Wildman–Crippen LogP) is 4.46. The van der Waals surface area contributed by atoms with E-state index in [1.165, 1.54) is 0 Å². The summed E-state index contributed by atoms with van der Waals surface area (Å²) in [6.07, 6.45) is 0. The molecule has 0 radical (unpaired) electrons. The Morgan fingerprint density at radius 3 is 2.26 bits per heavy atom. The van der Waals surface area contributed by atoms with Crippen molar-refractivity contribution >= 4 is 22.1 Å². The molecule has 0 saturated carbocycles. The molecule has 19 heavy (non-hydrogen) atoms. The standard InChI is InChI=1S/C17H12N2/c18-12-14-8-4-6-13-7-5-11-16(17(13)14)19-15-9-2-1-3-10-15/h1-11,19H. The molecule has 0 aliphatic carbocycles. The van der Waals surface area contributed by atoms with Gasteiger partial charge in [0.1, 0.15) is 0 Å². The highest BCUT2D eigenvalue weighted by Crippen LogP contribution is 2.29. The molecule has 3 rings (SSSR count). The van der Waals surface area contributed by atoms with Crippen molar-refractivity contribution in [3.8, 4) is 6.07 Å².